The normalized spacial score (nSPS) is 11.2. The third-order valence-corrected chi connectivity index (χ3v) is 4.04. The minimum atomic E-state index is -0.460. The molecule has 0 aliphatic carbocycles. The van der Waals surface area contributed by atoms with Crippen LogP contribution in [-0.4, -0.2) is 31.2 Å². The molecule has 2 N–H and O–H groups in total. The molecule has 0 heterocycles. The van der Waals surface area contributed by atoms with Crippen molar-refractivity contribution in [2.24, 2.45) is 5.73 Å². The van der Waals surface area contributed by atoms with E-state index in [1.807, 2.05) is 62.8 Å². The molecular weight excluding hydrogens is 320 g/mol. The number of hydrogen-bond acceptors (Lipinski definition) is 4. The van der Waals surface area contributed by atoms with Gasteiger partial charge in [0.1, 0.15) is 11.5 Å². The Bertz CT molecular complexity index is 725. The minimum Gasteiger partial charge on any atom is -0.457 e. The molecule has 2 aromatic rings. The summed E-state index contributed by atoms with van der Waals surface area (Å²) in [6.45, 7) is 0.733. The van der Waals surface area contributed by atoms with Gasteiger partial charge in [0, 0.05) is 23.1 Å². The van der Waals surface area contributed by atoms with E-state index in [1.54, 1.807) is 17.8 Å². The average molecular weight is 342 g/mol. The van der Waals surface area contributed by atoms with Gasteiger partial charge in [-0.25, -0.2) is 0 Å². The Morgan fingerprint density at radius 1 is 1.21 bits per heavy atom. The molecule has 0 unspecified atom stereocenters. The van der Waals surface area contributed by atoms with Crippen molar-refractivity contribution in [3.63, 3.8) is 0 Å². The zero-order chi connectivity index (χ0) is 17.5. The van der Waals surface area contributed by atoms with Crippen LogP contribution in [0, 0.1) is 0 Å². The van der Waals surface area contributed by atoms with E-state index in [-0.39, 0.29) is 0 Å². The fourth-order valence-corrected chi connectivity index (χ4v) is 2.62. The molecule has 4 nitrogen and oxygen atoms in total. The maximum atomic E-state index is 10.9. The van der Waals surface area contributed by atoms with Crippen molar-refractivity contribution >= 4 is 23.7 Å². The van der Waals surface area contributed by atoms with Crippen molar-refractivity contribution < 1.29 is 9.53 Å². The molecule has 0 radical (unpaired) electrons. The highest BCUT2D eigenvalue weighted by atomic mass is 32.2. The summed E-state index contributed by atoms with van der Waals surface area (Å²) < 4.78 is 6.04. The lowest BCUT2D eigenvalue weighted by molar-refractivity contribution is -0.113. The van der Waals surface area contributed by atoms with Gasteiger partial charge in [-0.3, -0.25) is 4.79 Å². The van der Waals surface area contributed by atoms with Gasteiger partial charge >= 0.3 is 0 Å². The van der Waals surface area contributed by atoms with E-state index >= 15 is 0 Å². The van der Waals surface area contributed by atoms with Crippen LogP contribution in [0.2, 0.25) is 0 Å². The summed E-state index contributed by atoms with van der Waals surface area (Å²) in [6.07, 6.45) is 5.11. The number of thioether (sulfide) groups is 1. The second kappa shape index (κ2) is 8.57. The number of nitrogens with two attached hydrogens (primary N) is 1. The first-order valence-corrected chi connectivity index (χ1v) is 8.77. The predicted molar refractivity (Wildman–Crippen MR) is 100 cm³/mol. The predicted octanol–water partition coefficient (Wildman–Crippen LogP) is 3.76. The van der Waals surface area contributed by atoms with Gasteiger partial charge in [-0.05, 0) is 68.4 Å². The number of nitrogens with zero attached hydrogens (tertiary/aromatic N) is 1. The Hall–Kier alpha value is -2.24. The first kappa shape index (κ1) is 18.1. The molecule has 0 fully saturated rings. The van der Waals surface area contributed by atoms with Crippen LogP contribution < -0.4 is 10.5 Å². The third-order valence-electron chi connectivity index (χ3n) is 3.30. The first-order valence-electron chi connectivity index (χ1n) is 7.55. The lowest BCUT2D eigenvalue weighted by Gasteiger charge is -2.16. The number of amides is 1. The van der Waals surface area contributed by atoms with Crippen LogP contribution in [0.4, 0.5) is 0 Å². The van der Waals surface area contributed by atoms with E-state index in [9.17, 15) is 4.79 Å². The average Bonchev–Trinajstić information content (AvgIpc) is 2.55. The number of benzene rings is 2. The second-order valence-electron chi connectivity index (χ2n) is 5.62. The van der Waals surface area contributed by atoms with Crippen LogP contribution in [0.3, 0.4) is 0 Å². The molecule has 0 saturated carbocycles. The van der Waals surface area contributed by atoms with Gasteiger partial charge in [-0.1, -0.05) is 6.07 Å². The molecular formula is C19H22N2O2S. The molecule has 2 aromatic carbocycles. The largest absolute Gasteiger partial charge is 0.457 e. The molecule has 126 valence electrons. The molecule has 24 heavy (non-hydrogen) atoms. The Kier molecular flexibility index (Phi) is 6.46. The standard InChI is InChI=1S/C19H22N2O2S/c1-21(2)13-15-12-14(5-11-19(20)22)4-10-18(15)23-16-6-8-17(24-3)9-7-16/h4-12H,13H2,1-3H3,(H2,20,22)/b11-5+. The van der Waals surface area contributed by atoms with Gasteiger partial charge < -0.3 is 15.4 Å². The summed E-state index contributed by atoms with van der Waals surface area (Å²) in [5, 5.41) is 0. The van der Waals surface area contributed by atoms with E-state index in [0.29, 0.717) is 0 Å². The van der Waals surface area contributed by atoms with Crippen molar-refractivity contribution in [1.82, 2.24) is 4.90 Å². The lowest BCUT2D eigenvalue weighted by atomic mass is 10.1. The molecule has 0 saturated heterocycles. The maximum absolute atomic E-state index is 10.9. The van der Waals surface area contributed by atoms with E-state index < -0.39 is 5.91 Å². The number of hydrogen-bond donors (Lipinski definition) is 1. The molecule has 2 rings (SSSR count). The summed E-state index contributed by atoms with van der Waals surface area (Å²) in [5.41, 5.74) is 7.11. The number of carbonyl (C=O) groups excluding carboxylic acids is 1. The molecule has 0 bridgehead atoms. The summed E-state index contributed by atoms with van der Waals surface area (Å²) in [6, 6.07) is 13.8. The molecule has 0 aliphatic rings. The fourth-order valence-electron chi connectivity index (χ4n) is 2.22. The molecule has 1 amide bonds. The van der Waals surface area contributed by atoms with Crippen LogP contribution in [0.5, 0.6) is 11.5 Å². The number of primary amides is 1. The topological polar surface area (TPSA) is 55.6 Å². The zero-order valence-electron chi connectivity index (χ0n) is 14.2. The molecule has 0 spiro atoms. The molecule has 0 aliphatic heterocycles. The monoisotopic (exact) mass is 342 g/mol. The summed E-state index contributed by atoms with van der Waals surface area (Å²) in [4.78, 5) is 14.2. The quantitative estimate of drug-likeness (QED) is 0.615. The summed E-state index contributed by atoms with van der Waals surface area (Å²) in [5.74, 6) is 1.14. The maximum Gasteiger partial charge on any atom is 0.241 e. The summed E-state index contributed by atoms with van der Waals surface area (Å²) >= 11 is 1.70. The minimum absolute atomic E-state index is 0.460. The Morgan fingerprint density at radius 3 is 2.50 bits per heavy atom. The highest BCUT2D eigenvalue weighted by molar-refractivity contribution is 7.98. The number of ether oxygens (including phenoxy) is 1. The van der Waals surface area contributed by atoms with Crippen molar-refractivity contribution in [3.05, 3.63) is 59.7 Å². The highest BCUT2D eigenvalue weighted by Gasteiger charge is 2.08. The van der Waals surface area contributed by atoms with E-state index in [2.05, 4.69) is 4.90 Å². The lowest BCUT2D eigenvalue weighted by Crippen LogP contribution is -2.11. The van der Waals surface area contributed by atoms with Crippen LogP contribution in [0.25, 0.3) is 6.08 Å². The molecule has 5 heteroatoms. The van der Waals surface area contributed by atoms with Crippen LogP contribution >= 0.6 is 11.8 Å². The summed E-state index contributed by atoms with van der Waals surface area (Å²) in [7, 11) is 4.01. The van der Waals surface area contributed by atoms with Crippen LogP contribution in [-0.2, 0) is 11.3 Å². The van der Waals surface area contributed by atoms with Gasteiger partial charge in [-0.15, -0.1) is 11.8 Å². The van der Waals surface area contributed by atoms with E-state index in [4.69, 9.17) is 10.5 Å². The van der Waals surface area contributed by atoms with Crippen molar-refractivity contribution in [3.8, 4) is 11.5 Å². The fraction of sp³-hybridized carbons (Fsp3) is 0.211. The first-order chi connectivity index (χ1) is 11.5. The van der Waals surface area contributed by atoms with Gasteiger partial charge in [0.05, 0.1) is 0 Å². The van der Waals surface area contributed by atoms with Crippen LogP contribution in [0.1, 0.15) is 11.1 Å². The van der Waals surface area contributed by atoms with Crippen molar-refractivity contribution in [2.75, 3.05) is 20.4 Å². The second-order valence-corrected chi connectivity index (χ2v) is 6.50. The number of rotatable bonds is 7. The van der Waals surface area contributed by atoms with E-state index in [0.717, 1.165) is 29.2 Å². The number of carbonyl (C=O) groups is 1. The van der Waals surface area contributed by atoms with Gasteiger partial charge in [0.25, 0.3) is 0 Å². The SMILES string of the molecule is CSc1ccc(Oc2ccc(/C=C/C(N)=O)cc2CN(C)C)cc1. The Balaban J connectivity index is 2.27. The van der Waals surface area contributed by atoms with Gasteiger partial charge in [0.2, 0.25) is 5.91 Å². The molecule has 0 atom stereocenters. The molecule has 0 aromatic heterocycles. The van der Waals surface area contributed by atoms with Crippen LogP contribution in [0.15, 0.2) is 53.4 Å². The van der Waals surface area contributed by atoms with Crippen molar-refractivity contribution in [1.29, 1.82) is 0 Å². The zero-order valence-corrected chi connectivity index (χ0v) is 15.0. The van der Waals surface area contributed by atoms with Crippen molar-refractivity contribution in [2.45, 2.75) is 11.4 Å². The highest BCUT2D eigenvalue weighted by Crippen LogP contribution is 2.29. The third kappa shape index (κ3) is 5.44. The van der Waals surface area contributed by atoms with E-state index in [1.165, 1.54) is 11.0 Å². The Labute approximate surface area is 147 Å². The van der Waals surface area contributed by atoms with Gasteiger partial charge in [-0.2, -0.15) is 0 Å². The van der Waals surface area contributed by atoms with Gasteiger partial charge in [0.15, 0.2) is 0 Å². The Morgan fingerprint density at radius 2 is 1.92 bits per heavy atom. The smallest absolute Gasteiger partial charge is 0.241 e.